The maximum atomic E-state index is 11.9. The first-order valence-corrected chi connectivity index (χ1v) is 6.63. The molecule has 0 amide bonds. The van der Waals surface area contributed by atoms with Crippen molar-refractivity contribution >= 4 is 23.3 Å². The molecule has 2 aromatic rings. The van der Waals surface area contributed by atoms with E-state index in [-0.39, 0.29) is 23.6 Å². The number of nitrogens with zero attached hydrogens (tertiary/aromatic N) is 2. The summed E-state index contributed by atoms with van der Waals surface area (Å²) in [4.78, 5) is 26.0. The van der Waals surface area contributed by atoms with E-state index in [1.807, 2.05) is 0 Å². The molecule has 8 heteroatoms. The number of nitro groups is 1. The predicted molar refractivity (Wildman–Crippen MR) is 78.4 cm³/mol. The lowest BCUT2D eigenvalue weighted by Gasteiger charge is -2.10. The maximum Gasteiger partial charge on any atom is 0.342 e. The van der Waals surface area contributed by atoms with Crippen molar-refractivity contribution < 1.29 is 19.2 Å². The quantitative estimate of drug-likeness (QED) is 0.474. The molecule has 0 unspecified atom stereocenters. The van der Waals surface area contributed by atoms with Gasteiger partial charge in [0.25, 0.3) is 5.69 Å². The zero-order valence-corrected chi connectivity index (χ0v) is 12.2. The van der Waals surface area contributed by atoms with Crippen LogP contribution in [0.1, 0.15) is 17.3 Å². The summed E-state index contributed by atoms with van der Waals surface area (Å²) in [7, 11) is 0. The predicted octanol–water partition coefficient (Wildman–Crippen LogP) is 3.61. The van der Waals surface area contributed by atoms with E-state index in [1.165, 1.54) is 30.6 Å². The lowest BCUT2D eigenvalue weighted by molar-refractivity contribution is -0.384. The second-order valence-electron chi connectivity index (χ2n) is 4.10. The van der Waals surface area contributed by atoms with Gasteiger partial charge in [0.15, 0.2) is 0 Å². The fourth-order valence-corrected chi connectivity index (χ4v) is 1.83. The van der Waals surface area contributed by atoms with Crippen LogP contribution in [0.3, 0.4) is 0 Å². The summed E-state index contributed by atoms with van der Waals surface area (Å²) >= 11 is 5.81. The second-order valence-corrected chi connectivity index (χ2v) is 4.54. The monoisotopic (exact) mass is 322 g/mol. The summed E-state index contributed by atoms with van der Waals surface area (Å²) in [5, 5.41) is 11.2. The van der Waals surface area contributed by atoms with Crippen LogP contribution in [-0.4, -0.2) is 22.5 Å². The minimum Gasteiger partial charge on any atom is -0.462 e. The van der Waals surface area contributed by atoms with Crippen molar-refractivity contribution in [3.05, 3.63) is 57.4 Å². The smallest absolute Gasteiger partial charge is 0.342 e. The van der Waals surface area contributed by atoms with Gasteiger partial charge >= 0.3 is 5.97 Å². The molecular formula is C14H11ClN2O5. The highest BCUT2D eigenvalue weighted by molar-refractivity contribution is 6.30. The molecule has 7 nitrogen and oxygen atoms in total. The van der Waals surface area contributed by atoms with Crippen molar-refractivity contribution in [3.8, 4) is 11.5 Å². The average Bonchev–Trinajstić information content (AvgIpc) is 2.47. The van der Waals surface area contributed by atoms with E-state index in [2.05, 4.69) is 4.98 Å². The van der Waals surface area contributed by atoms with Crippen molar-refractivity contribution in [2.24, 2.45) is 0 Å². The molecule has 0 aliphatic heterocycles. The van der Waals surface area contributed by atoms with Gasteiger partial charge in [-0.15, -0.1) is 0 Å². The van der Waals surface area contributed by atoms with Gasteiger partial charge < -0.3 is 9.47 Å². The van der Waals surface area contributed by atoms with Crippen LogP contribution in [0.25, 0.3) is 0 Å². The van der Waals surface area contributed by atoms with Crippen molar-refractivity contribution in [3.63, 3.8) is 0 Å². The molecule has 0 aliphatic rings. The standard InChI is InChI=1S/C14H11ClN2O5/c1-2-21-14(18)12-6-10(17(19)20)3-4-13(12)22-11-5-9(15)7-16-8-11/h3-8H,2H2,1H3. The molecule has 0 saturated heterocycles. The zero-order chi connectivity index (χ0) is 16.1. The van der Waals surface area contributed by atoms with Crippen molar-refractivity contribution in [1.82, 2.24) is 4.98 Å². The first-order chi connectivity index (χ1) is 10.5. The SMILES string of the molecule is CCOC(=O)c1cc([N+](=O)[O-])ccc1Oc1cncc(Cl)c1. The van der Waals surface area contributed by atoms with Gasteiger partial charge in [-0.1, -0.05) is 11.6 Å². The van der Waals surface area contributed by atoms with Gasteiger partial charge in [0, 0.05) is 24.4 Å². The van der Waals surface area contributed by atoms with E-state index in [9.17, 15) is 14.9 Å². The number of non-ortho nitro benzene ring substituents is 1. The van der Waals surface area contributed by atoms with Gasteiger partial charge in [-0.2, -0.15) is 0 Å². The number of nitro benzene ring substituents is 1. The largest absolute Gasteiger partial charge is 0.462 e. The van der Waals surface area contributed by atoms with Gasteiger partial charge in [-0.3, -0.25) is 15.1 Å². The van der Waals surface area contributed by atoms with Gasteiger partial charge in [0.1, 0.15) is 17.1 Å². The molecular weight excluding hydrogens is 312 g/mol. The van der Waals surface area contributed by atoms with Crippen LogP contribution in [-0.2, 0) is 4.74 Å². The minimum absolute atomic E-state index is 0.0453. The Bertz CT molecular complexity index is 720. The summed E-state index contributed by atoms with van der Waals surface area (Å²) in [5.74, 6) is -0.295. The molecule has 0 bridgehead atoms. The number of ether oxygens (including phenoxy) is 2. The highest BCUT2D eigenvalue weighted by Gasteiger charge is 2.19. The molecule has 0 fully saturated rings. The third-order valence-corrected chi connectivity index (χ3v) is 2.78. The number of esters is 1. The Morgan fingerprint density at radius 3 is 2.77 bits per heavy atom. The number of pyridine rings is 1. The molecule has 1 aromatic carbocycles. The molecule has 0 N–H and O–H groups in total. The van der Waals surface area contributed by atoms with E-state index < -0.39 is 10.9 Å². The van der Waals surface area contributed by atoms with Gasteiger partial charge in [0.2, 0.25) is 0 Å². The van der Waals surface area contributed by atoms with E-state index in [0.717, 1.165) is 6.07 Å². The summed E-state index contributed by atoms with van der Waals surface area (Å²) in [6.07, 6.45) is 2.83. The Morgan fingerprint density at radius 2 is 2.14 bits per heavy atom. The fraction of sp³-hybridized carbons (Fsp3) is 0.143. The zero-order valence-electron chi connectivity index (χ0n) is 11.5. The highest BCUT2D eigenvalue weighted by atomic mass is 35.5. The molecule has 1 aromatic heterocycles. The van der Waals surface area contributed by atoms with Crippen molar-refractivity contribution in [2.75, 3.05) is 6.61 Å². The Labute approximate surface area is 130 Å². The molecule has 1 heterocycles. The summed E-state index contributed by atoms with van der Waals surface area (Å²) in [6, 6.07) is 5.16. The van der Waals surface area contributed by atoms with Crippen LogP contribution in [0.15, 0.2) is 36.7 Å². The number of carbonyl (C=O) groups excluding carboxylic acids is 1. The Hall–Kier alpha value is -2.67. The number of carbonyl (C=O) groups is 1. The van der Waals surface area contributed by atoms with Crippen LogP contribution in [0.4, 0.5) is 5.69 Å². The maximum absolute atomic E-state index is 11.9. The summed E-state index contributed by atoms with van der Waals surface area (Å²) in [6.45, 7) is 1.77. The highest BCUT2D eigenvalue weighted by Crippen LogP contribution is 2.30. The molecule has 2 rings (SSSR count). The number of rotatable bonds is 5. The number of halogens is 1. The van der Waals surface area contributed by atoms with Crippen LogP contribution in [0.5, 0.6) is 11.5 Å². The lowest BCUT2D eigenvalue weighted by Crippen LogP contribution is -2.07. The first-order valence-electron chi connectivity index (χ1n) is 6.25. The van der Waals surface area contributed by atoms with E-state index in [0.29, 0.717) is 10.8 Å². The molecule has 0 radical (unpaired) electrons. The molecule has 0 saturated carbocycles. The molecule has 114 valence electrons. The first kappa shape index (κ1) is 15.7. The number of hydrogen-bond donors (Lipinski definition) is 0. The van der Waals surface area contributed by atoms with Crippen LogP contribution in [0.2, 0.25) is 5.02 Å². The van der Waals surface area contributed by atoms with Crippen molar-refractivity contribution in [1.29, 1.82) is 0 Å². The lowest BCUT2D eigenvalue weighted by atomic mass is 10.2. The topological polar surface area (TPSA) is 91.6 Å². The minimum atomic E-state index is -0.712. The van der Waals surface area contributed by atoms with Crippen molar-refractivity contribution in [2.45, 2.75) is 6.92 Å². The van der Waals surface area contributed by atoms with Crippen LogP contribution >= 0.6 is 11.6 Å². The van der Waals surface area contributed by atoms with Gasteiger partial charge in [0.05, 0.1) is 22.7 Å². The summed E-state index contributed by atoms with van der Waals surface area (Å²) in [5.41, 5.74) is -0.282. The Kier molecular flexibility index (Phi) is 4.90. The number of aromatic nitrogens is 1. The number of hydrogen-bond acceptors (Lipinski definition) is 6. The van der Waals surface area contributed by atoms with Crippen LogP contribution in [0, 0.1) is 10.1 Å². The van der Waals surface area contributed by atoms with Gasteiger partial charge in [-0.05, 0) is 13.0 Å². The third-order valence-electron chi connectivity index (χ3n) is 2.58. The Balaban J connectivity index is 2.41. The van der Waals surface area contributed by atoms with E-state index in [4.69, 9.17) is 21.1 Å². The average molecular weight is 323 g/mol. The Morgan fingerprint density at radius 1 is 1.36 bits per heavy atom. The van der Waals surface area contributed by atoms with E-state index in [1.54, 1.807) is 6.92 Å². The third kappa shape index (κ3) is 3.70. The molecule has 22 heavy (non-hydrogen) atoms. The number of benzene rings is 1. The summed E-state index contributed by atoms with van der Waals surface area (Å²) < 4.78 is 10.4. The fourth-order valence-electron chi connectivity index (χ4n) is 1.66. The molecule has 0 spiro atoms. The van der Waals surface area contributed by atoms with E-state index >= 15 is 0 Å². The molecule has 0 aliphatic carbocycles. The normalized spacial score (nSPS) is 10.1. The van der Waals surface area contributed by atoms with Gasteiger partial charge in [-0.25, -0.2) is 4.79 Å². The van der Waals surface area contributed by atoms with Crippen LogP contribution < -0.4 is 4.74 Å². The molecule has 0 atom stereocenters. The second kappa shape index (κ2) is 6.86.